The molecule has 9 N–H and O–H groups in total. The van der Waals surface area contributed by atoms with Crippen LogP contribution in [0.2, 0.25) is 0 Å². The number of carboxylic acid groups (broad SMARTS) is 1. The van der Waals surface area contributed by atoms with Crippen molar-refractivity contribution < 1.29 is 29.1 Å². The number of carbonyl (C=O) groups excluding carboxylic acids is 4. The standard InChI is InChI=1S/C21H28N6O6/c1-11(22)19(30)27-15(6-7-17(23)28)20(31)25-10-18(29)26-16(21(32)33)8-12-9-24-14-5-3-2-4-13(12)14/h2-5,9,11,15-16,24H,6-8,10,22H2,1H3,(H2,23,28)(H,25,31)(H,26,29)(H,27,30)(H,32,33). The Morgan fingerprint density at radius 1 is 1.06 bits per heavy atom. The third kappa shape index (κ3) is 7.61. The van der Waals surface area contributed by atoms with E-state index in [9.17, 15) is 29.1 Å². The maximum Gasteiger partial charge on any atom is 0.326 e. The van der Waals surface area contributed by atoms with Gasteiger partial charge in [-0.2, -0.15) is 0 Å². The van der Waals surface area contributed by atoms with E-state index >= 15 is 0 Å². The van der Waals surface area contributed by atoms with Gasteiger partial charge in [0, 0.05) is 29.9 Å². The van der Waals surface area contributed by atoms with Gasteiger partial charge < -0.3 is 37.5 Å². The minimum Gasteiger partial charge on any atom is -0.480 e. The van der Waals surface area contributed by atoms with Crippen molar-refractivity contribution >= 4 is 40.5 Å². The molecule has 0 saturated carbocycles. The Kier molecular flexibility index (Phi) is 8.92. The quantitative estimate of drug-likeness (QED) is 0.199. The highest BCUT2D eigenvalue weighted by Crippen LogP contribution is 2.19. The van der Waals surface area contributed by atoms with Crippen LogP contribution in [-0.2, 0) is 30.4 Å². The van der Waals surface area contributed by atoms with Crippen LogP contribution in [0, 0.1) is 0 Å². The number of H-pyrrole nitrogens is 1. The van der Waals surface area contributed by atoms with Gasteiger partial charge in [0.25, 0.3) is 0 Å². The second-order valence-electron chi connectivity index (χ2n) is 7.59. The van der Waals surface area contributed by atoms with Crippen LogP contribution in [-0.4, -0.2) is 64.4 Å². The van der Waals surface area contributed by atoms with Crippen molar-refractivity contribution in [3.05, 3.63) is 36.0 Å². The van der Waals surface area contributed by atoms with Gasteiger partial charge in [-0.3, -0.25) is 19.2 Å². The summed E-state index contributed by atoms with van der Waals surface area (Å²) < 4.78 is 0. The molecule has 0 aliphatic rings. The third-order valence-corrected chi connectivity index (χ3v) is 4.88. The van der Waals surface area contributed by atoms with Crippen LogP contribution in [0.4, 0.5) is 0 Å². The summed E-state index contributed by atoms with van der Waals surface area (Å²) in [6.07, 6.45) is 1.46. The molecule has 0 fully saturated rings. The molecule has 3 atom stereocenters. The number of amides is 4. The molecule has 3 unspecified atom stereocenters. The van der Waals surface area contributed by atoms with E-state index < -0.39 is 54.3 Å². The van der Waals surface area contributed by atoms with Crippen molar-refractivity contribution in [3.63, 3.8) is 0 Å². The first-order valence-electron chi connectivity index (χ1n) is 10.3. The van der Waals surface area contributed by atoms with Gasteiger partial charge in [0.1, 0.15) is 12.1 Å². The zero-order valence-electron chi connectivity index (χ0n) is 18.1. The van der Waals surface area contributed by atoms with Crippen LogP contribution in [0.5, 0.6) is 0 Å². The largest absolute Gasteiger partial charge is 0.480 e. The van der Waals surface area contributed by atoms with E-state index in [4.69, 9.17) is 11.5 Å². The molecule has 12 heteroatoms. The van der Waals surface area contributed by atoms with E-state index in [1.54, 1.807) is 6.20 Å². The number of primary amides is 1. The summed E-state index contributed by atoms with van der Waals surface area (Å²) in [5, 5.41) is 17.4. The summed E-state index contributed by atoms with van der Waals surface area (Å²) in [4.78, 5) is 62.3. The van der Waals surface area contributed by atoms with Gasteiger partial charge >= 0.3 is 5.97 Å². The topological polar surface area (TPSA) is 209 Å². The highest BCUT2D eigenvalue weighted by atomic mass is 16.4. The maximum atomic E-state index is 12.4. The molecular weight excluding hydrogens is 432 g/mol. The second-order valence-corrected chi connectivity index (χ2v) is 7.59. The zero-order valence-corrected chi connectivity index (χ0v) is 18.1. The fourth-order valence-corrected chi connectivity index (χ4v) is 3.12. The van der Waals surface area contributed by atoms with Crippen molar-refractivity contribution in [3.8, 4) is 0 Å². The number of carbonyl (C=O) groups is 5. The lowest BCUT2D eigenvalue weighted by Gasteiger charge is -2.19. The van der Waals surface area contributed by atoms with Crippen LogP contribution in [0.3, 0.4) is 0 Å². The summed E-state index contributed by atoms with van der Waals surface area (Å²) in [6.45, 7) is 0.892. The molecule has 2 aromatic rings. The Labute approximate surface area is 189 Å². The first-order chi connectivity index (χ1) is 15.6. The molecule has 0 saturated heterocycles. The Balaban J connectivity index is 1.96. The molecule has 1 aromatic carbocycles. The first kappa shape index (κ1) is 25.3. The molecular formula is C21H28N6O6. The number of rotatable bonds is 12. The lowest BCUT2D eigenvalue weighted by Crippen LogP contribution is -2.53. The van der Waals surface area contributed by atoms with E-state index in [1.165, 1.54) is 6.92 Å². The SMILES string of the molecule is CC(N)C(=O)NC(CCC(N)=O)C(=O)NCC(=O)NC(Cc1c[nH]c2ccccc12)C(=O)O. The van der Waals surface area contributed by atoms with E-state index in [2.05, 4.69) is 20.9 Å². The Morgan fingerprint density at radius 2 is 1.76 bits per heavy atom. The van der Waals surface area contributed by atoms with Gasteiger partial charge in [0.05, 0.1) is 12.6 Å². The van der Waals surface area contributed by atoms with Crippen LogP contribution in [0.25, 0.3) is 10.9 Å². The lowest BCUT2D eigenvalue weighted by molar-refractivity contribution is -0.141. The summed E-state index contributed by atoms with van der Waals surface area (Å²) in [5.74, 6) is -3.98. The van der Waals surface area contributed by atoms with Gasteiger partial charge in [-0.1, -0.05) is 18.2 Å². The van der Waals surface area contributed by atoms with Gasteiger partial charge in [0.2, 0.25) is 23.6 Å². The molecule has 33 heavy (non-hydrogen) atoms. The highest BCUT2D eigenvalue weighted by Gasteiger charge is 2.25. The van der Waals surface area contributed by atoms with E-state index in [-0.39, 0.29) is 19.3 Å². The number of aliphatic carboxylic acids is 1. The average molecular weight is 460 g/mol. The molecule has 12 nitrogen and oxygen atoms in total. The summed E-state index contributed by atoms with van der Waals surface area (Å²) in [5.41, 5.74) is 12.1. The van der Waals surface area contributed by atoms with Crippen molar-refractivity contribution in [2.45, 2.75) is 44.3 Å². The summed E-state index contributed by atoms with van der Waals surface area (Å²) >= 11 is 0. The van der Waals surface area contributed by atoms with E-state index in [1.807, 2.05) is 24.3 Å². The first-order valence-corrected chi connectivity index (χ1v) is 10.3. The third-order valence-electron chi connectivity index (χ3n) is 4.88. The number of aromatic nitrogens is 1. The number of hydrogen-bond acceptors (Lipinski definition) is 6. The number of fused-ring (bicyclic) bond motifs is 1. The monoisotopic (exact) mass is 460 g/mol. The van der Waals surface area contributed by atoms with Gasteiger partial charge in [0.15, 0.2) is 0 Å². The molecule has 0 spiro atoms. The number of benzene rings is 1. The zero-order chi connectivity index (χ0) is 24.5. The van der Waals surface area contributed by atoms with E-state index in [0.29, 0.717) is 5.56 Å². The summed E-state index contributed by atoms with van der Waals surface area (Å²) in [7, 11) is 0. The number of carboxylic acids is 1. The molecule has 0 aliphatic heterocycles. The van der Waals surface area contributed by atoms with Gasteiger partial charge in [-0.15, -0.1) is 0 Å². The Morgan fingerprint density at radius 3 is 2.39 bits per heavy atom. The molecule has 1 aromatic heterocycles. The number of hydrogen-bond donors (Lipinski definition) is 7. The minimum atomic E-state index is -1.23. The van der Waals surface area contributed by atoms with Crippen LogP contribution in [0.1, 0.15) is 25.3 Å². The molecule has 178 valence electrons. The number of nitrogens with two attached hydrogens (primary N) is 2. The molecule has 0 aliphatic carbocycles. The number of para-hydroxylation sites is 1. The van der Waals surface area contributed by atoms with Crippen molar-refractivity contribution in [2.75, 3.05) is 6.54 Å². The highest BCUT2D eigenvalue weighted by molar-refractivity contribution is 5.93. The fraction of sp³-hybridized carbons (Fsp3) is 0.381. The molecule has 4 amide bonds. The molecule has 0 bridgehead atoms. The number of aromatic amines is 1. The Hall–Kier alpha value is -3.93. The summed E-state index contributed by atoms with van der Waals surface area (Å²) in [6, 6.07) is 4.10. The predicted octanol–water partition coefficient (Wildman–Crippen LogP) is -1.51. The second kappa shape index (κ2) is 11.6. The predicted molar refractivity (Wildman–Crippen MR) is 119 cm³/mol. The molecule has 0 radical (unpaired) electrons. The smallest absolute Gasteiger partial charge is 0.326 e. The maximum absolute atomic E-state index is 12.4. The lowest BCUT2D eigenvalue weighted by atomic mass is 10.0. The van der Waals surface area contributed by atoms with Gasteiger partial charge in [-0.05, 0) is 25.0 Å². The van der Waals surface area contributed by atoms with E-state index in [0.717, 1.165) is 10.9 Å². The normalized spacial score (nSPS) is 13.5. The number of nitrogens with one attached hydrogen (secondary N) is 4. The molecule has 1 heterocycles. The van der Waals surface area contributed by atoms with Crippen LogP contribution >= 0.6 is 0 Å². The van der Waals surface area contributed by atoms with Crippen LogP contribution in [0.15, 0.2) is 30.5 Å². The minimum absolute atomic E-state index is 0.0325. The van der Waals surface area contributed by atoms with Crippen molar-refractivity contribution in [1.29, 1.82) is 0 Å². The fourth-order valence-electron chi connectivity index (χ4n) is 3.12. The van der Waals surface area contributed by atoms with Gasteiger partial charge in [-0.25, -0.2) is 4.79 Å². The Bertz CT molecular complexity index is 1030. The molecule has 2 rings (SSSR count). The average Bonchev–Trinajstić information content (AvgIpc) is 3.16. The van der Waals surface area contributed by atoms with Crippen molar-refractivity contribution in [2.24, 2.45) is 11.5 Å². The van der Waals surface area contributed by atoms with Crippen LogP contribution < -0.4 is 27.4 Å². The van der Waals surface area contributed by atoms with Crippen molar-refractivity contribution in [1.82, 2.24) is 20.9 Å².